The molecule has 0 aliphatic carbocycles. The van der Waals surface area contributed by atoms with Gasteiger partial charge in [-0.05, 0) is 111 Å². The minimum absolute atomic E-state index is 0.0278. The molecule has 2 amide bonds. The summed E-state index contributed by atoms with van der Waals surface area (Å²) in [4.78, 5) is 59.7. The number of aliphatic hydroxyl groups is 1. The molecule has 3 aliphatic heterocycles. The number of esters is 2. The molecule has 68 heavy (non-hydrogen) atoms. The van der Waals surface area contributed by atoms with Crippen molar-refractivity contribution in [2.75, 3.05) is 47.4 Å². The third-order valence-electron chi connectivity index (χ3n) is 13.1. The highest BCUT2D eigenvalue weighted by molar-refractivity contribution is 5.90. The Kier molecular flexibility index (Phi) is 18.5. The zero-order valence-corrected chi connectivity index (χ0v) is 42.5. The summed E-state index contributed by atoms with van der Waals surface area (Å²) in [7, 11) is 5.42. The van der Waals surface area contributed by atoms with Crippen LogP contribution in [-0.2, 0) is 49.3 Å². The van der Waals surface area contributed by atoms with Crippen molar-refractivity contribution < 1.29 is 62.2 Å². The van der Waals surface area contributed by atoms with Gasteiger partial charge in [-0.15, -0.1) is 0 Å². The Labute approximate surface area is 403 Å². The molecular formula is C52H77N3O13. The predicted octanol–water partition coefficient (Wildman–Crippen LogP) is 7.96. The van der Waals surface area contributed by atoms with Crippen LogP contribution in [0.4, 0.5) is 9.59 Å². The predicted molar refractivity (Wildman–Crippen MR) is 254 cm³/mol. The van der Waals surface area contributed by atoms with Crippen molar-refractivity contribution in [1.29, 1.82) is 0 Å². The molecule has 0 aromatic heterocycles. The Morgan fingerprint density at radius 3 is 2.15 bits per heavy atom. The molecule has 16 nitrogen and oxygen atoms in total. The van der Waals surface area contributed by atoms with Crippen molar-refractivity contribution in [3.05, 3.63) is 83.1 Å². The number of hydrogen-bond acceptors (Lipinski definition) is 14. The van der Waals surface area contributed by atoms with Crippen LogP contribution in [0, 0.1) is 17.8 Å². The van der Waals surface area contributed by atoms with E-state index in [0.29, 0.717) is 43.7 Å². The van der Waals surface area contributed by atoms with Crippen LogP contribution in [0.1, 0.15) is 111 Å². The second-order valence-electron chi connectivity index (χ2n) is 20.6. The smallest absolute Gasteiger partial charge is 0.410 e. The maximum atomic E-state index is 14.4. The number of benzene rings is 2. The molecule has 16 heteroatoms. The zero-order chi connectivity index (χ0) is 50.1. The number of piperidine rings is 1. The number of nitrogens with zero attached hydrogens (tertiary/aromatic N) is 3. The first-order valence-corrected chi connectivity index (χ1v) is 23.9. The second kappa shape index (κ2) is 23.2. The van der Waals surface area contributed by atoms with Gasteiger partial charge in [0.1, 0.15) is 18.0 Å². The van der Waals surface area contributed by atoms with Crippen LogP contribution in [0.25, 0.3) is 0 Å². The molecule has 378 valence electrons. The van der Waals surface area contributed by atoms with Gasteiger partial charge in [0.25, 0.3) is 0 Å². The SMILES string of the molecule is CO[C@](C)(C[C@@H](C)CN(C(=O)OCc1ccccc1)[C@@H](CO)C1CCN(C(=O)OC(C)(C)C)CC1)[C@H](O[C@@H]1O[C@H](C)C[C@H](N(C)C)[C@H]1OC(=O)c1ccccc1)[C@@H](C)C1=C(C)C(=O)OC(C)(C)O1. The summed E-state index contributed by atoms with van der Waals surface area (Å²) >= 11 is 0. The molecule has 3 aliphatic rings. The number of likely N-dealkylation sites (N-methyl/N-ethyl adjacent to an activating group) is 1. The van der Waals surface area contributed by atoms with Gasteiger partial charge in [0.2, 0.25) is 5.79 Å². The molecule has 1 N–H and O–H groups in total. The van der Waals surface area contributed by atoms with Crippen molar-refractivity contribution in [3.63, 3.8) is 0 Å². The van der Waals surface area contributed by atoms with Crippen LogP contribution >= 0.6 is 0 Å². The van der Waals surface area contributed by atoms with Crippen LogP contribution in [0.15, 0.2) is 72.0 Å². The van der Waals surface area contributed by atoms with Gasteiger partial charge in [0, 0.05) is 46.5 Å². The lowest BCUT2D eigenvalue weighted by atomic mass is 9.80. The molecule has 3 heterocycles. The van der Waals surface area contributed by atoms with Crippen LogP contribution in [0.5, 0.6) is 0 Å². The van der Waals surface area contributed by atoms with Crippen LogP contribution in [0.2, 0.25) is 0 Å². The molecule has 2 aromatic rings. The number of likely N-dealkylation sites (tertiary alicyclic amines) is 1. The monoisotopic (exact) mass is 952 g/mol. The fourth-order valence-corrected chi connectivity index (χ4v) is 9.65. The highest BCUT2D eigenvalue weighted by atomic mass is 16.7. The number of hydrogen-bond donors (Lipinski definition) is 1. The molecule has 5 rings (SSSR count). The van der Waals surface area contributed by atoms with Crippen LogP contribution in [-0.4, -0.2) is 145 Å². The van der Waals surface area contributed by atoms with Gasteiger partial charge in [-0.25, -0.2) is 19.2 Å². The van der Waals surface area contributed by atoms with Gasteiger partial charge in [-0.1, -0.05) is 62.4 Å². The van der Waals surface area contributed by atoms with Gasteiger partial charge >= 0.3 is 24.1 Å². The van der Waals surface area contributed by atoms with Crippen molar-refractivity contribution in [2.24, 2.45) is 17.8 Å². The summed E-state index contributed by atoms with van der Waals surface area (Å²) in [5.41, 5.74) is -0.388. The zero-order valence-electron chi connectivity index (χ0n) is 42.5. The lowest BCUT2D eigenvalue weighted by Gasteiger charge is -2.48. The maximum absolute atomic E-state index is 14.4. The summed E-state index contributed by atoms with van der Waals surface area (Å²) in [6.07, 6.45) is -2.32. The van der Waals surface area contributed by atoms with E-state index in [-0.39, 0.29) is 55.7 Å². The van der Waals surface area contributed by atoms with Gasteiger partial charge in [-0.3, -0.25) is 0 Å². The molecular weight excluding hydrogens is 875 g/mol. The van der Waals surface area contributed by atoms with E-state index in [2.05, 4.69) is 0 Å². The normalized spacial score (nSPS) is 23.9. The van der Waals surface area contributed by atoms with E-state index in [0.717, 1.165) is 5.56 Å². The van der Waals surface area contributed by atoms with E-state index in [9.17, 15) is 24.3 Å². The standard InChI is InChI=1S/C52H77N3O13/c1-33(30-55(49(60)62-32-37-20-16-14-17-21-37)41(31-56)38-24-26-54(27-25-38)48(59)68-50(5,6)7)29-52(10,61-13)44(35(3)42-36(4)45(57)67-51(8,9)66-42)65-47-43(40(53(11)12)28-34(2)63-47)64-46(58)39-22-18-15-19-23-39/h14-23,33-35,38,40-41,43-44,47,56H,24-32H2,1-13H3/t33-,34-,35+,40+,41+,43-,44-,47+,52-/m1/s1. The molecule has 0 spiro atoms. The number of carbonyl (C=O) groups is 4. The number of aliphatic hydroxyl groups excluding tert-OH is 1. The summed E-state index contributed by atoms with van der Waals surface area (Å²) in [5.74, 6) is -3.16. The lowest BCUT2D eigenvalue weighted by molar-refractivity contribution is -0.298. The molecule has 2 saturated heterocycles. The van der Waals surface area contributed by atoms with E-state index in [1.54, 1.807) is 61.9 Å². The Bertz CT molecular complexity index is 2020. The molecule has 9 atom stereocenters. The van der Waals surface area contributed by atoms with E-state index in [1.807, 2.05) is 104 Å². The minimum atomic E-state index is -1.29. The van der Waals surface area contributed by atoms with Crippen molar-refractivity contribution >= 4 is 24.1 Å². The maximum Gasteiger partial charge on any atom is 0.410 e. The number of methoxy groups -OCH3 is 1. The van der Waals surface area contributed by atoms with E-state index >= 15 is 0 Å². The molecule has 0 unspecified atom stereocenters. The first kappa shape index (κ1) is 54.2. The molecule has 2 fully saturated rings. The molecule has 0 bridgehead atoms. The second-order valence-corrected chi connectivity index (χ2v) is 20.6. The van der Waals surface area contributed by atoms with Crippen molar-refractivity contribution in [3.8, 4) is 0 Å². The Morgan fingerprint density at radius 1 is 0.956 bits per heavy atom. The quantitative estimate of drug-likeness (QED) is 0.113. The fourth-order valence-electron chi connectivity index (χ4n) is 9.65. The highest BCUT2D eigenvalue weighted by Crippen LogP contribution is 2.42. The number of rotatable bonds is 18. The minimum Gasteiger partial charge on any atom is -0.456 e. The molecule has 0 radical (unpaired) electrons. The van der Waals surface area contributed by atoms with Gasteiger partial charge in [-0.2, -0.15) is 0 Å². The first-order valence-electron chi connectivity index (χ1n) is 23.9. The average Bonchev–Trinajstić information content (AvgIpc) is 3.28. The van der Waals surface area contributed by atoms with E-state index in [4.69, 9.17) is 37.9 Å². The summed E-state index contributed by atoms with van der Waals surface area (Å²) in [5, 5.41) is 11.1. The third kappa shape index (κ3) is 14.2. The topological polar surface area (TPSA) is 172 Å². The Morgan fingerprint density at radius 2 is 1.57 bits per heavy atom. The van der Waals surface area contributed by atoms with Gasteiger partial charge in [0.15, 0.2) is 12.4 Å². The largest absolute Gasteiger partial charge is 0.456 e. The summed E-state index contributed by atoms with van der Waals surface area (Å²) < 4.78 is 50.2. The lowest BCUT2D eigenvalue weighted by Crippen LogP contribution is -2.60. The summed E-state index contributed by atoms with van der Waals surface area (Å²) in [6.45, 7) is 18.8. The number of carbonyl (C=O) groups excluding carboxylic acids is 4. The van der Waals surface area contributed by atoms with E-state index in [1.165, 1.54) is 0 Å². The number of amides is 2. The van der Waals surface area contributed by atoms with Crippen molar-refractivity contribution in [2.45, 2.75) is 155 Å². The molecule has 2 aromatic carbocycles. The van der Waals surface area contributed by atoms with Gasteiger partial charge < -0.3 is 57.7 Å². The van der Waals surface area contributed by atoms with Crippen molar-refractivity contribution in [1.82, 2.24) is 14.7 Å². The fraction of sp³-hybridized carbons (Fsp3) is 0.654. The van der Waals surface area contributed by atoms with Gasteiger partial charge in [0.05, 0.1) is 47.6 Å². The third-order valence-corrected chi connectivity index (χ3v) is 13.1. The number of ether oxygens (including phenoxy) is 8. The highest BCUT2D eigenvalue weighted by Gasteiger charge is 2.51. The molecule has 0 saturated carbocycles. The average molecular weight is 952 g/mol. The van der Waals surface area contributed by atoms with Crippen LogP contribution < -0.4 is 0 Å². The Hall–Kier alpha value is -4.74. The summed E-state index contributed by atoms with van der Waals surface area (Å²) in [6, 6.07) is 17.2. The van der Waals surface area contributed by atoms with E-state index < -0.39 is 71.6 Å². The first-order chi connectivity index (χ1) is 32.0. The Balaban J connectivity index is 1.49. The van der Waals surface area contributed by atoms with Crippen LogP contribution in [0.3, 0.4) is 0 Å². The number of cyclic esters (lactones) is 1.